The quantitative estimate of drug-likeness (QED) is 0.603. The molecule has 0 atom stereocenters. The number of morpholine rings is 1. The monoisotopic (exact) mass is 414 g/mol. The summed E-state index contributed by atoms with van der Waals surface area (Å²) in [7, 11) is 1.50. The lowest BCUT2D eigenvalue weighted by atomic mass is 10.1. The van der Waals surface area contributed by atoms with Crippen molar-refractivity contribution in [3.05, 3.63) is 47.5 Å². The van der Waals surface area contributed by atoms with Crippen LogP contribution in [0.1, 0.15) is 15.9 Å². The number of anilines is 2. The molecule has 9 nitrogen and oxygen atoms in total. The minimum atomic E-state index is -1.22. The predicted molar refractivity (Wildman–Crippen MR) is 109 cm³/mol. The molecule has 3 N–H and O–H groups in total. The zero-order chi connectivity index (χ0) is 21.5. The van der Waals surface area contributed by atoms with Gasteiger partial charge in [0.1, 0.15) is 0 Å². The van der Waals surface area contributed by atoms with Crippen LogP contribution >= 0.6 is 0 Å². The molecule has 1 amide bonds. The summed E-state index contributed by atoms with van der Waals surface area (Å²) in [5.74, 6) is -0.924. The second-order valence-electron chi connectivity index (χ2n) is 6.71. The number of hydrogen-bond acceptors (Lipinski definition) is 8. The van der Waals surface area contributed by atoms with Crippen LogP contribution in [0.5, 0.6) is 11.5 Å². The van der Waals surface area contributed by atoms with Gasteiger partial charge in [-0.1, -0.05) is 6.07 Å². The second-order valence-corrected chi connectivity index (χ2v) is 6.71. The molecule has 2 aromatic rings. The van der Waals surface area contributed by atoms with Crippen molar-refractivity contribution in [2.45, 2.75) is 6.54 Å². The summed E-state index contributed by atoms with van der Waals surface area (Å²) in [5.41, 5.74) is 7.39. The van der Waals surface area contributed by atoms with Gasteiger partial charge >= 0.3 is 0 Å². The number of nitrogens with two attached hydrogens (primary N) is 1. The highest BCUT2D eigenvalue weighted by molar-refractivity contribution is 5.94. The summed E-state index contributed by atoms with van der Waals surface area (Å²) in [5, 5.41) is 14.9. The third-order valence-electron chi connectivity index (χ3n) is 4.66. The van der Waals surface area contributed by atoms with Crippen LogP contribution in [0.15, 0.2) is 36.4 Å². The average Bonchev–Trinajstić information content (AvgIpc) is 2.76. The summed E-state index contributed by atoms with van der Waals surface area (Å²) in [6, 6.07) is 10.5. The van der Waals surface area contributed by atoms with Gasteiger partial charge in [0.2, 0.25) is 0 Å². The minimum absolute atomic E-state index is 0.134. The van der Waals surface area contributed by atoms with Gasteiger partial charge in [-0.05, 0) is 35.9 Å². The maximum atomic E-state index is 11.7. The highest BCUT2D eigenvalue weighted by Crippen LogP contribution is 2.29. The molecule has 3 rings (SSSR count). The number of nitrogens with zero attached hydrogens (tertiary/aromatic N) is 1. The van der Waals surface area contributed by atoms with E-state index in [-0.39, 0.29) is 12.2 Å². The van der Waals surface area contributed by atoms with E-state index >= 15 is 0 Å². The molecule has 0 aromatic heterocycles. The van der Waals surface area contributed by atoms with Crippen molar-refractivity contribution in [3.8, 4) is 11.5 Å². The van der Waals surface area contributed by atoms with Crippen LogP contribution in [0.3, 0.4) is 0 Å². The third-order valence-corrected chi connectivity index (χ3v) is 4.66. The zero-order valence-corrected chi connectivity index (χ0v) is 16.7. The van der Waals surface area contributed by atoms with E-state index in [9.17, 15) is 14.7 Å². The summed E-state index contributed by atoms with van der Waals surface area (Å²) >= 11 is 0. The van der Waals surface area contributed by atoms with Crippen molar-refractivity contribution in [2.75, 3.05) is 50.2 Å². The van der Waals surface area contributed by atoms with Crippen molar-refractivity contribution in [3.63, 3.8) is 0 Å². The molecular weight excluding hydrogens is 390 g/mol. The van der Waals surface area contributed by atoms with Crippen molar-refractivity contribution < 1.29 is 28.9 Å². The van der Waals surface area contributed by atoms with Gasteiger partial charge in [0.15, 0.2) is 18.1 Å². The molecular formula is C21H24N3O6-. The Bertz CT molecular complexity index is 912. The summed E-state index contributed by atoms with van der Waals surface area (Å²) in [6.45, 7) is 2.58. The smallest absolute Gasteiger partial charge is 0.255 e. The molecule has 160 valence electrons. The van der Waals surface area contributed by atoms with Gasteiger partial charge in [-0.2, -0.15) is 0 Å². The van der Waals surface area contributed by atoms with Crippen LogP contribution in [-0.4, -0.2) is 51.9 Å². The number of amides is 1. The number of carboxylic acid groups (broad SMARTS) is 1. The van der Waals surface area contributed by atoms with E-state index in [2.05, 4.69) is 5.32 Å². The van der Waals surface area contributed by atoms with Gasteiger partial charge in [-0.3, -0.25) is 4.79 Å². The maximum absolute atomic E-state index is 11.7. The van der Waals surface area contributed by atoms with Crippen LogP contribution < -0.4 is 30.5 Å². The first kappa shape index (κ1) is 21.3. The van der Waals surface area contributed by atoms with E-state index in [0.29, 0.717) is 55.7 Å². The Morgan fingerprint density at radius 3 is 2.60 bits per heavy atom. The molecule has 0 saturated carbocycles. The van der Waals surface area contributed by atoms with Gasteiger partial charge < -0.3 is 40.1 Å². The molecule has 0 bridgehead atoms. The second kappa shape index (κ2) is 9.84. The number of aromatic carboxylic acids is 1. The molecule has 1 aliphatic heterocycles. The van der Waals surface area contributed by atoms with Crippen LogP contribution in [0, 0.1) is 0 Å². The molecule has 0 spiro atoms. The topological polar surface area (TPSA) is 126 Å². The Morgan fingerprint density at radius 2 is 1.93 bits per heavy atom. The molecule has 1 saturated heterocycles. The molecule has 9 heteroatoms. The Kier molecular flexibility index (Phi) is 6.97. The van der Waals surface area contributed by atoms with Gasteiger partial charge in [0.05, 0.1) is 26.3 Å². The summed E-state index contributed by atoms with van der Waals surface area (Å²) in [6.07, 6.45) is 0. The van der Waals surface area contributed by atoms with E-state index in [1.807, 2.05) is 17.0 Å². The number of methoxy groups -OCH3 is 1. The fraction of sp³-hybridized carbons (Fsp3) is 0.333. The van der Waals surface area contributed by atoms with E-state index in [4.69, 9.17) is 19.9 Å². The Hall–Kier alpha value is -3.46. The van der Waals surface area contributed by atoms with Gasteiger partial charge in [-0.15, -0.1) is 0 Å². The van der Waals surface area contributed by atoms with Gasteiger partial charge in [0.25, 0.3) is 5.91 Å². The number of rotatable bonds is 9. The maximum Gasteiger partial charge on any atom is 0.255 e. The normalized spacial score (nSPS) is 13.6. The van der Waals surface area contributed by atoms with Crippen molar-refractivity contribution in [1.82, 2.24) is 0 Å². The number of carbonyl (C=O) groups excluding carboxylic acids is 2. The summed E-state index contributed by atoms with van der Waals surface area (Å²) in [4.78, 5) is 24.5. The number of ether oxygens (including phenoxy) is 3. The first-order chi connectivity index (χ1) is 14.5. The van der Waals surface area contributed by atoms with Gasteiger partial charge in [0, 0.05) is 36.6 Å². The minimum Gasteiger partial charge on any atom is -0.545 e. The fourth-order valence-corrected chi connectivity index (χ4v) is 3.18. The van der Waals surface area contributed by atoms with Crippen molar-refractivity contribution in [2.24, 2.45) is 5.73 Å². The predicted octanol–water partition coefficient (Wildman–Crippen LogP) is 0.372. The van der Waals surface area contributed by atoms with E-state index in [1.54, 1.807) is 24.3 Å². The SMILES string of the molecule is COc1cc(CNc2ccc(N3CCOCC3)c(C(=O)[O-])c2)ccc1OCC(N)=O. The standard InChI is InChI=1S/C21H25N3O6/c1-28-19-10-14(2-5-18(19)30-13-20(22)25)12-23-15-3-4-17(16(11-15)21(26)27)24-6-8-29-9-7-24/h2-5,10-11,23H,6-9,12-13H2,1H3,(H2,22,25)(H,26,27)/p-1. The lowest BCUT2D eigenvalue weighted by Crippen LogP contribution is -2.38. The zero-order valence-electron chi connectivity index (χ0n) is 16.7. The van der Waals surface area contributed by atoms with Crippen molar-refractivity contribution >= 4 is 23.3 Å². The number of carbonyl (C=O) groups is 2. The van der Waals surface area contributed by atoms with Crippen LogP contribution in [0.2, 0.25) is 0 Å². The van der Waals surface area contributed by atoms with E-state index in [0.717, 1.165) is 5.56 Å². The third kappa shape index (κ3) is 5.32. The Labute approximate surface area is 174 Å². The van der Waals surface area contributed by atoms with Gasteiger partial charge in [-0.25, -0.2) is 0 Å². The first-order valence-electron chi connectivity index (χ1n) is 9.48. The fourth-order valence-electron chi connectivity index (χ4n) is 3.18. The molecule has 2 aromatic carbocycles. The molecule has 0 aliphatic carbocycles. The highest BCUT2D eigenvalue weighted by Gasteiger charge is 2.16. The number of benzene rings is 2. The molecule has 1 aliphatic rings. The summed E-state index contributed by atoms with van der Waals surface area (Å²) < 4.78 is 15.9. The van der Waals surface area contributed by atoms with E-state index in [1.165, 1.54) is 7.11 Å². The van der Waals surface area contributed by atoms with E-state index < -0.39 is 11.9 Å². The molecule has 1 fully saturated rings. The molecule has 0 unspecified atom stereocenters. The lowest BCUT2D eigenvalue weighted by molar-refractivity contribution is -0.254. The average molecular weight is 414 g/mol. The van der Waals surface area contributed by atoms with Crippen molar-refractivity contribution in [1.29, 1.82) is 0 Å². The molecule has 0 radical (unpaired) electrons. The first-order valence-corrected chi connectivity index (χ1v) is 9.48. The highest BCUT2D eigenvalue weighted by atomic mass is 16.5. The Balaban J connectivity index is 1.71. The number of primary amides is 1. The Morgan fingerprint density at radius 1 is 1.17 bits per heavy atom. The largest absolute Gasteiger partial charge is 0.545 e. The number of carboxylic acids is 1. The van der Waals surface area contributed by atoms with Crippen LogP contribution in [-0.2, 0) is 16.1 Å². The lowest BCUT2D eigenvalue weighted by Gasteiger charge is -2.31. The van der Waals surface area contributed by atoms with Crippen LogP contribution in [0.25, 0.3) is 0 Å². The molecule has 30 heavy (non-hydrogen) atoms. The van der Waals surface area contributed by atoms with Crippen LogP contribution in [0.4, 0.5) is 11.4 Å². The number of nitrogens with one attached hydrogen (secondary N) is 1. The molecule has 1 heterocycles. The number of hydrogen-bond donors (Lipinski definition) is 2.